The summed E-state index contributed by atoms with van der Waals surface area (Å²) in [6.45, 7) is 1.74. The van der Waals surface area contributed by atoms with Crippen LogP contribution in [0.4, 0.5) is 0 Å². The molecule has 2 aromatic heterocycles. The van der Waals surface area contributed by atoms with Gasteiger partial charge in [-0.25, -0.2) is 4.98 Å². The number of amides is 1. The highest BCUT2D eigenvalue weighted by Crippen LogP contribution is 2.63. The number of aromatic amines is 1. The predicted octanol–water partition coefficient (Wildman–Crippen LogP) is 2.46. The van der Waals surface area contributed by atoms with E-state index in [-0.39, 0.29) is 11.3 Å². The number of H-pyrrole nitrogens is 1. The van der Waals surface area contributed by atoms with Crippen LogP contribution in [0.3, 0.4) is 0 Å². The van der Waals surface area contributed by atoms with Crippen molar-refractivity contribution in [1.29, 1.82) is 0 Å². The molecule has 0 unspecified atom stereocenters. The average molecular weight is 393 g/mol. The number of likely N-dealkylation sites (tertiary alicyclic amines) is 1. The van der Waals surface area contributed by atoms with Crippen molar-refractivity contribution >= 4 is 29.5 Å². The SMILES string of the molecule is O=C(C1CCCCC1)N1CCC2(CC1)CC1(C2)OB(O)c2cnc3[nH]ccc3c21. The van der Waals surface area contributed by atoms with Crippen LogP contribution in [0, 0.1) is 11.3 Å². The van der Waals surface area contributed by atoms with Gasteiger partial charge in [-0.3, -0.25) is 4.79 Å². The van der Waals surface area contributed by atoms with Crippen LogP contribution in [0.5, 0.6) is 0 Å². The number of hydrogen-bond donors (Lipinski definition) is 2. The second-order valence-electron chi connectivity index (χ2n) is 9.81. The minimum Gasteiger partial charge on any atom is -0.423 e. The highest BCUT2D eigenvalue weighted by Gasteiger charge is 2.62. The molecule has 1 saturated heterocycles. The first kappa shape index (κ1) is 18.0. The number of carbonyl (C=O) groups excluding carboxylic acids is 1. The van der Waals surface area contributed by atoms with E-state index >= 15 is 0 Å². The van der Waals surface area contributed by atoms with Gasteiger partial charge >= 0.3 is 7.12 Å². The summed E-state index contributed by atoms with van der Waals surface area (Å²) in [5.74, 6) is 0.659. The molecule has 29 heavy (non-hydrogen) atoms. The van der Waals surface area contributed by atoms with Gasteiger partial charge in [-0.15, -0.1) is 0 Å². The Balaban J connectivity index is 1.18. The first-order chi connectivity index (χ1) is 14.1. The molecule has 0 radical (unpaired) electrons. The molecule has 152 valence electrons. The van der Waals surface area contributed by atoms with E-state index in [0.717, 1.165) is 73.7 Å². The van der Waals surface area contributed by atoms with Gasteiger partial charge in [0.15, 0.2) is 0 Å². The first-order valence-electron chi connectivity index (χ1n) is 11.2. The number of fused-ring (bicyclic) bond motifs is 4. The molecule has 2 aliphatic heterocycles. The molecule has 4 aliphatic rings. The van der Waals surface area contributed by atoms with E-state index in [9.17, 15) is 9.82 Å². The molecule has 0 atom stereocenters. The van der Waals surface area contributed by atoms with E-state index in [1.807, 2.05) is 12.3 Å². The third-order valence-corrected chi connectivity index (χ3v) is 8.09. The van der Waals surface area contributed by atoms with Gasteiger partial charge in [0.2, 0.25) is 5.91 Å². The van der Waals surface area contributed by atoms with Crippen LogP contribution in [0.2, 0.25) is 0 Å². The molecule has 0 bridgehead atoms. The highest BCUT2D eigenvalue weighted by atomic mass is 16.5. The lowest BCUT2D eigenvalue weighted by atomic mass is 9.53. The number of rotatable bonds is 1. The van der Waals surface area contributed by atoms with Crippen LogP contribution < -0.4 is 5.46 Å². The van der Waals surface area contributed by atoms with Crippen LogP contribution in [0.1, 0.15) is 63.4 Å². The van der Waals surface area contributed by atoms with Crippen molar-refractivity contribution in [2.45, 2.75) is 63.4 Å². The minimum absolute atomic E-state index is 0.233. The molecule has 6 rings (SSSR count). The third kappa shape index (κ3) is 2.63. The highest BCUT2D eigenvalue weighted by molar-refractivity contribution is 6.62. The molecule has 6 nitrogen and oxygen atoms in total. The van der Waals surface area contributed by atoms with Gasteiger partial charge in [-0.2, -0.15) is 0 Å². The third-order valence-electron chi connectivity index (χ3n) is 8.09. The molecule has 1 amide bonds. The Morgan fingerprint density at radius 3 is 2.76 bits per heavy atom. The normalized spacial score (nSPS) is 25.6. The summed E-state index contributed by atoms with van der Waals surface area (Å²) in [6, 6.07) is 2.04. The lowest BCUT2D eigenvalue weighted by Crippen LogP contribution is -2.56. The van der Waals surface area contributed by atoms with Gasteiger partial charge in [-0.05, 0) is 55.6 Å². The number of piperidine rings is 1. The number of nitrogens with one attached hydrogen (secondary N) is 1. The summed E-state index contributed by atoms with van der Waals surface area (Å²) in [4.78, 5) is 22.6. The number of nitrogens with zero attached hydrogens (tertiary/aromatic N) is 2. The summed E-state index contributed by atoms with van der Waals surface area (Å²) in [5.41, 5.74) is 2.64. The molecular weight excluding hydrogens is 365 g/mol. The summed E-state index contributed by atoms with van der Waals surface area (Å²) >= 11 is 0. The average Bonchev–Trinajstić information content (AvgIpc) is 3.31. The maximum Gasteiger partial charge on any atom is 0.493 e. The van der Waals surface area contributed by atoms with Crippen LogP contribution in [0.15, 0.2) is 18.5 Å². The van der Waals surface area contributed by atoms with Crippen molar-refractivity contribution in [3.63, 3.8) is 0 Å². The topological polar surface area (TPSA) is 78.5 Å². The van der Waals surface area contributed by atoms with E-state index in [1.165, 1.54) is 19.3 Å². The van der Waals surface area contributed by atoms with E-state index in [2.05, 4.69) is 14.9 Å². The van der Waals surface area contributed by atoms with E-state index in [4.69, 9.17) is 4.65 Å². The molecule has 2 spiro atoms. The molecular formula is C22H28BN3O3. The Kier molecular flexibility index (Phi) is 3.91. The lowest BCUT2D eigenvalue weighted by Gasteiger charge is -2.58. The lowest BCUT2D eigenvalue weighted by molar-refractivity contribution is -0.154. The van der Waals surface area contributed by atoms with Crippen LogP contribution in [0.25, 0.3) is 11.0 Å². The zero-order valence-corrected chi connectivity index (χ0v) is 16.8. The van der Waals surface area contributed by atoms with Crippen LogP contribution >= 0.6 is 0 Å². The molecule has 3 fully saturated rings. The number of hydrogen-bond acceptors (Lipinski definition) is 4. The fourth-order valence-corrected chi connectivity index (χ4v) is 6.64. The Hall–Kier alpha value is -1.86. The molecule has 2 saturated carbocycles. The Morgan fingerprint density at radius 2 is 2.00 bits per heavy atom. The summed E-state index contributed by atoms with van der Waals surface area (Å²) < 4.78 is 6.15. The minimum atomic E-state index is -0.887. The van der Waals surface area contributed by atoms with E-state index in [0.29, 0.717) is 5.91 Å². The van der Waals surface area contributed by atoms with Gasteiger partial charge < -0.3 is 19.6 Å². The van der Waals surface area contributed by atoms with Gasteiger partial charge in [0.25, 0.3) is 0 Å². The second-order valence-corrected chi connectivity index (χ2v) is 9.81. The summed E-state index contributed by atoms with van der Waals surface area (Å²) in [5, 5.41) is 11.6. The molecule has 2 aromatic rings. The second kappa shape index (κ2) is 6.32. The largest absolute Gasteiger partial charge is 0.493 e. The smallest absolute Gasteiger partial charge is 0.423 e. The van der Waals surface area contributed by atoms with Gasteiger partial charge in [-0.1, -0.05) is 19.3 Å². The molecule has 2 aliphatic carbocycles. The maximum absolute atomic E-state index is 12.9. The molecule has 7 heteroatoms. The van der Waals surface area contributed by atoms with Crippen LogP contribution in [-0.4, -0.2) is 46.0 Å². The molecule has 2 N–H and O–H groups in total. The van der Waals surface area contributed by atoms with Crippen molar-refractivity contribution in [3.05, 3.63) is 24.0 Å². The van der Waals surface area contributed by atoms with Crippen LogP contribution in [-0.2, 0) is 15.0 Å². The Morgan fingerprint density at radius 1 is 1.24 bits per heavy atom. The quantitative estimate of drug-likeness (QED) is 0.730. The zero-order valence-electron chi connectivity index (χ0n) is 16.8. The van der Waals surface area contributed by atoms with Gasteiger partial charge in [0.05, 0.1) is 5.60 Å². The standard InChI is InChI=1S/C22H28BN3O3/c27-20(15-4-2-1-3-5-15)26-10-7-21(8-11-26)13-22(14-21)18-16-6-9-24-19(16)25-12-17(18)23(28)29-22/h6,9,12,15,28H,1-5,7-8,10-11,13-14H2,(H,24,25). The maximum atomic E-state index is 12.9. The van der Waals surface area contributed by atoms with Crippen molar-refractivity contribution in [2.75, 3.05) is 13.1 Å². The zero-order chi connectivity index (χ0) is 19.6. The van der Waals surface area contributed by atoms with Crippen molar-refractivity contribution in [3.8, 4) is 0 Å². The van der Waals surface area contributed by atoms with Crippen molar-refractivity contribution in [2.24, 2.45) is 11.3 Å². The fraction of sp³-hybridized carbons (Fsp3) is 0.636. The number of carbonyl (C=O) groups is 1. The van der Waals surface area contributed by atoms with Gasteiger partial charge in [0.1, 0.15) is 5.65 Å². The monoisotopic (exact) mass is 393 g/mol. The summed E-state index contributed by atoms with van der Waals surface area (Å²) in [7, 11) is -0.887. The number of pyridine rings is 1. The van der Waals surface area contributed by atoms with E-state index < -0.39 is 12.7 Å². The first-order valence-corrected chi connectivity index (χ1v) is 11.2. The molecule has 4 heterocycles. The Labute approximate surface area is 171 Å². The van der Waals surface area contributed by atoms with Gasteiger partial charge in [0, 0.05) is 42.3 Å². The van der Waals surface area contributed by atoms with Crippen molar-refractivity contribution < 1.29 is 14.5 Å². The fourth-order valence-electron chi connectivity index (χ4n) is 6.64. The Bertz CT molecular complexity index is 951. The predicted molar refractivity (Wildman–Crippen MR) is 111 cm³/mol. The number of aromatic nitrogens is 2. The van der Waals surface area contributed by atoms with Crippen molar-refractivity contribution in [1.82, 2.24) is 14.9 Å². The molecule has 0 aromatic carbocycles. The summed E-state index contributed by atoms with van der Waals surface area (Å²) in [6.07, 6.45) is 13.5. The van der Waals surface area contributed by atoms with E-state index in [1.54, 1.807) is 6.20 Å².